The molecule has 0 aliphatic carbocycles. The second-order valence-corrected chi connectivity index (χ2v) is 5.84. The van der Waals surface area contributed by atoms with E-state index in [1.54, 1.807) is 10.7 Å². The third-order valence-corrected chi connectivity index (χ3v) is 3.90. The standard InChI is InChI=1S/C18H14ClN5/c19-13-4-2-6-15(10-13)22-17-7-8-24-18(23-17)16(11-21-24)12-3-1-5-14(20)9-12/h1-11H,20H2,(H,22,23). The molecule has 2 aromatic heterocycles. The summed E-state index contributed by atoms with van der Waals surface area (Å²) in [6, 6.07) is 17.1. The first kappa shape index (κ1) is 14.5. The van der Waals surface area contributed by atoms with E-state index in [-0.39, 0.29) is 0 Å². The number of halogens is 1. The molecule has 4 aromatic rings. The van der Waals surface area contributed by atoms with Crippen molar-refractivity contribution in [3.8, 4) is 11.1 Å². The van der Waals surface area contributed by atoms with Crippen LogP contribution < -0.4 is 11.1 Å². The summed E-state index contributed by atoms with van der Waals surface area (Å²) in [6.07, 6.45) is 3.66. The van der Waals surface area contributed by atoms with Gasteiger partial charge in [-0.25, -0.2) is 9.50 Å². The first-order valence-electron chi connectivity index (χ1n) is 7.42. The minimum absolute atomic E-state index is 0.672. The Morgan fingerprint density at radius 1 is 1.04 bits per heavy atom. The number of aromatic nitrogens is 3. The van der Waals surface area contributed by atoms with E-state index < -0.39 is 0 Å². The number of rotatable bonds is 3. The van der Waals surface area contributed by atoms with Crippen molar-refractivity contribution in [2.75, 3.05) is 11.1 Å². The summed E-state index contributed by atoms with van der Waals surface area (Å²) in [6.45, 7) is 0. The van der Waals surface area contributed by atoms with E-state index in [2.05, 4.69) is 15.4 Å². The highest BCUT2D eigenvalue weighted by atomic mass is 35.5. The lowest BCUT2D eigenvalue weighted by atomic mass is 10.1. The van der Waals surface area contributed by atoms with Gasteiger partial charge in [-0.15, -0.1) is 0 Å². The van der Waals surface area contributed by atoms with Gasteiger partial charge in [0.1, 0.15) is 5.82 Å². The van der Waals surface area contributed by atoms with Crippen molar-refractivity contribution in [2.45, 2.75) is 0 Å². The fourth-order valence-corrected chi connectivity index (χ4v) is 2.75. The van der Waals surface area contributed by atoms with Crippen LogP contribution in [0, 0.1) is 0 Å². The maximum absolute atomic E-state index is 6.02. The predicted molar refractivity (Wildman–Crippen MR) is 97.6 cm³/mol. The first-order chi connectivity index (χ1) is 11.7. The van der Waals surface area contributed by atoms with Crippen LogP contribution in [-0.2, 0) is 0 Å². The van der Waals surface area contributed by atoms with Gasteiger partial charge in [0.2, 0.25) is 0 Å². The highest BCUT2D eigenvalue weighted by molar-refractivity contribution is 6.30. The van der Waals surface area contributed by atoms with Crippen molar-refractivity contribution < 1.29 is 0 Å². The van der Waals surface area contributed by atoms with Crippen LogP contribution in [0.4, 0.5) is 17.2 Å². The molecule has 0 unspecified atom stereocenters. The van der Waals surface area contributed by atoms with Crippen LogP contribution >= 0.6 is 11.6 Å². The molecule has 2 heterocycles. The Bertz CT molecular complexity index is 1020. The number of nitrogens with two attached hydrogens (primary N) is 1. The second-order valence-electron chi connectivity index (χ2n) is 5.40. The average Bonchev–Trinajstić information content (AvgIpc) is 2.98. The van der Waals surface area contributed by atoms with Crippen molar-refractivity contribution in [1.82, 2.24) is 14.6 Å². The van der Waals surface area contributed by atoms with E-state index in [4.69, 9.17) is 17.3 Å². The number of hydrogen-bond acceptors (Lipinski definition) is 4. The quantitative estimate of drug-likeness (QED) is 0.545. The van der Waals surface area contributed by atoms with Crippen molar-refractivity contribution in [2.24, 2.45) is 0 Å². The third kappa shape index (κ3) is 2.77. The van der Waals surface area contributed by atoms with Gasteiger partial charge in [0.15, 0.2) is 5.65 Å². The largest absolute Gasteiger partial charge is 0.399 e. The van der Waals surface area contributed by atoms with Crippen LogP contribution in [0.15, 0.2) is 67.0 Å². The Kier molecular flexibility index (Phi) is 3.55. The van der Waals surface area contributed by atoms with Crippen molar-refractivity contribution in [1.29, 1.82) is 0 Å². The molecule has 0 bridgehead atoms. The highest BCUT2D eigenvalue weighted by Gasteiger charge is 2.09. The smallest absolute Gasteiger partial charge is 0.165 e. The topological polar surface area (TPSA) is 68.2 Å². The molecule has 0 amide bonds. The van der Waals surface area contributed by atoms with Crippen molar-refractivity contribution >= 4 is 34.4 Å². The maximum Gasteiger partial charge on any atom is 0.165 e. The molecule has 0 saturated carbocycles. The van der Waals surface area contributed by atoms with Gasteiger partial charge in [0.05, 0.1) is 6.20 Å². The number of fused-ring (bicyclic) bond motifs is 1. The van der Waals surface area contributed by atoms with E-state index in [0.29, 0.717) is 10.7 Å². The van der Waals surface area contributed by atoms with Gasteiger partial charge >= 0.3 is 0 Å². The molecule has 0 saturated heterocycles. The zero-order chi connectivity index (χ0) is 16.5. The number of nitrogens with one attached hydrogen (secondary N) is 1. The van der Waals surface area contributed by atoms with Crippen LogP contribution in [0.2, 0.25) is 5.02 Å². The minimum atomic E-state index is 0.672. The number of hydrogen-bond donors (Lipinski definition) is 2. The fraction of sp³-hybridized carbons (Fsp3) is 0. The van der Waals surface area contributed by atoms with Crippen LogP contribution in [0.5, 0.6) is 0 Å². The fourth-order valence-electron chi connectivity index (χ4n) is 2.56. The number of nitrogens with zero attached hydrogens (tertiary/aromatic N) is 3. The molecule has 4 rings (SSSR count). The number of nitrogen functional groups attached to an aromatic ring is 1. The Morgan fingerprint density at radius 3 is 2.75 bits per heavy atom. The molecule has 0 spiro atoms. The zero-order valence-corrected chi connectivity index (χ0v) is 13.4. The Labute approximate surface area is 143 Å². The van der Waals surface area contributed by atoms with Crippen LogP contribution in [0.3, 0.4) is 0 Å². The molecule has 0 aliphatic heterocycles. The van der Waals surface area contributed by atoms with Gasteiger partial charge < -0.3 is 11.1 Å². The van der Waals surface area contributed by atoms with Gasteiger partial charge in [-0.05, 0) is 42.0 Å². The van der Waals surface area contributed by atoms with Gasteiger partial charge in [0.25, 0.3) is 0 Å². The van der Waals surface area contributed by atoms with E-state index in [1.807, 2.05) is 60.8 Å². The third-order valence-electron chi connectivity index (χ3n) is 3.66. The summed E-state index contributed by atoms with van der Waals surface area (Å²) in [5, 5.41) is 8.28. The maximum atomic E-state index is 6.02. The lowest BCUT2D eigenvalue weighted by Crippen LogP contribution is -1.97. The SMILES string of the molecule is Nc1cccc(-c2cnn3ccc(Nc4cccc(Cl)c4)nc23)c1. The summed E-state index contributed by atoms with van der Waals surface area (Å²) >= 11 is 6.02. The van der Waals surface area contributed by atoms with Gasteiger partial charge in [-0.1, -0.05) is 29.8 Å². The molecule has 0 fully saturated rings. The second kappa shape index (κ2) is 5.86. The molecule has 0 radical (unpaired) electrons. The molecule has 3 N–H and O–H groups in total. The van der Waals surface area contributed by atoms with Gasteiger partial charge in [-0.3, -0.25) is 0 Å². The van der Waals surface area contributed by atoms with Crippen molar-refractivity contribution in [3.63, 3.8) is 0 Å². The summed E-state index contributed by atoms with van der Waals surface area (Å²) in [5.74, 6) is 0.718. The van der Waals surface area contributed by atoms with Crippen LogP contribution in [-0.4, -0.2) is 14.6 Å². The molecule has 0 atom stereocenters. The first-order valence-corrected chi connectivity index (χ1v) is 7.80. The van der Waals surface area contributed by atoms with E-state index in [9.17, 15) is 0 Å². The summed E-state index contributed by atoms with van der Waals surface area (Å²) in [4.78, 5) is 4.67. The zero-order valence-electron chi connectivity index (χ0n) is 12.6. The monoisotopic (exact) mass is 335 g/mol. The molecule has 0 aliphatic rings. The predicted octanol–water partition coefficient (Wildman–Crippen LogP) is 4.38. The van der Waals surface area contributed by atoms with E-state index in [0.717, 1.165) is 28.3 Å². The summed E-state index contributed by atoms with van der Waals surface area (Å²) in [5.41, 5.74) is 10.1. The molecule has 5 nitrogen and oxygen atoms in total. The molecule has 118 valence electrons. The minimum Gasteiger partial charge on any atom is -0.399 e. The Hall–Kier alpha value is -3.05. The molecular weight excluding hydrogens is 322 g/mol. The molecule has 24 heavy (non-hydrogen) atoms. The average molecular weight is 336 g/mol. The Morgan fingerprint density at radius 2 is 1.92 bits per heavy atom. The van der Waals surface area contributed by atoms with Crippen LogP contribution in [0.25, 0.3) is 16.8 Å². The molecule has 6 heteroatoms. The molecule has 2 aromatic carbocycles. The lowest BCUT2D eigenvalue weighted by Gasteiger charge is -2.07. The normalized spacial score (nSPS) is 10.9. The number of benzene rings is 2. The van der Waals surface area contributed by atoms with E-state index >= 15 is 0 Å². The summed E-state index contributed by atoms with van der Waals surface area (Å²) < 4.78 is 1.74. The summed E-state index contributed by atoms with van der Waals surface area (Å²) in [7, 11) is 0. The highest BCUT2D eigenvalue weighted by Crippen LogP contribution is 2.26. The van der Waals surface area contributed by atoms with E-state index in [1.165, 1.54) is 0 Å². The van der Waals surface area contributed by atoms with Gasteiger partial charge in [0, 0.05) is 28.2 Å². The van der Waals surface area contributed by atoms with Crippen LogP contribution in [0.1, 0.15) is 0 Å². The lowest BCUT2D eigenvalue weighted by molar-refractivity contribution is 0.941. The number of anilines is 3. The Balaban J connectivity index is 1.76. The molecular formula is C18H14ClN5. The van der Waals surface area contributed by atoms with Gasteiger partial charge in [-0.2, -0.15) is 5.10 Å². The van der Waals surface area contributed by atoms with Crippen molar-refractivity contribution in [3.05, 3.63) is 72.0 Å².